The summed E-state index contributed by atoms with van der Waals surface area (Å²) in [7, 11) is 0. The van der Waals surface area contributed by atoms with Crippen LogP contribution in [-0.2, 0) is 9.53 Å². The maximum atomic E-state index is 14.4. The van der Waals surface area contributed by atoms with Crippen molar-refractivity contribution in [2.75, 3.05) is 13.2 Å². The highest BCUT2D eigenvalue weighted by Crippen LogP contribution is 2.61. The van der Waals surface area contributed by atoms with Gasteiger partial charge in [0.1, 0.15) is 0 Å². The third-order valence-corrected chi connectivity index (χ3v) is 5.51. The van der Waals surface area contributed by atoms with E-state index in [0.29, 0.717) is 5.32 Å². The van der Waals surface area contributed by atoms with Gasteiger partial charge in [-0.25, -0.2) is 0 Å². The van der Waals surface area contributed by atoms with E-state index in [0.717, 1.165) is 6.92 Å². The summed E-state index contributed by atoms with van der Waals surface area (Å²) in [4.78, 5) is 11.4. The third-order valence-electron chi connectivity index (χ3n) is 5.51. The highest BCUT2D eigenvalue weighted by molar-refractivity contribution is 5.70. The summed E-state index contributed by atoms with van der Waals surface area (Å²) in [5, 5.41) is 0.326. The molecule has 0 radical (unpaired) electrons. The van der Waals surface area contributed by atoms with Crippen LogP contribution >= 0.6 is 0 Å². The topological polar surface area (TPSA) is 38.3 Å². The van der Waals surface area contributed by atoms with Crippen LogP contribution in [0.4, 0.5) is 105 Å². The fourth-order valence-electron chi connectivity index (χ4n) is 2.88. The number of hydrogen-bond donors (Lipinski definition) is 1. The van der Waals surface area contributed by atoms with Crippen LogP contribution in [0.15, 0.2) is 0 Å². The summed E-state index contributed by atoms with van der Waals surface area (Å²) in [5.74, 6) is -73.9. The van der Waals surface area contributed by atoms with Gasteiger partial charge in [-0.1, -0.05) is 0 Å². The molecule has 270 valence electrons. The van der Waals surface area contributed by atoms with Gasteiger partial charge in [-0.15, -0.1) is 0 Å². The van der Waals surface area contributed by atoms with Crippen molar-refractivity contribution in [2.45, 2.75) is 91.5 Å². The van der Waals surface area contributed by atoms with E-state index in [2.05, 4.69) is 4.74 Å². The van der Waals surface area contributed by atoms with E-state index in [1.165, 1.54) is 0 Å². The molecule has 0 aromatic heterocycles. The number of nitrogens with one attached hydrogen (secondary N) is 1. The zero-order chi connectivity index (χ0) is 36.9. The number of carbonyl (C=O) groups excluding carboxylic acids is 1. The third kappa shape index (κ3) is 6.76. The van der Waals surface area contributed by atoms with Crippen LogP contribution in [0.2, 0.25) is 0 Å². The minimum atomic E-state index is -8.42. The molecule has 1 N–H and O–H groups in total. The van der Waals surface area contributed by atoms with Gasteiger partial charge in [-0.05, 0) is 6.92 Å². The lowest BCUT2D eigenvalue weighted by molar-refractivity contribution is -0.440. The molecule has 0 aromatic carbocycles. The van der Waals surface area contributed by atoms with Gasteiger partial charge in [-0.2, -0.15) is 105 Å². The van der Waals surface area contributed by atoms with Crippen LogP contribution < -0.4 is 5.32 Å². The van der Waals surface area contributed by atoms with Crippen molar-refractivity contribution in [3.8, 4) is 0 Å². The van der Waals surface area contributed by atoms with Crippen LogP contribution in [0.25, 0.3) is 0 Å². The van der Waals surface area contributed by atoms with Crippen LogP contribution in [0.3, 0.4) is 0 Å². The van der Waals surface area contributed by atoms with Crippen LogP contribution in [-0.4, -0.2) is 90.8 Å². The van der Waals surface area contributed by atoms with E-state index in [4.69, 9.17) is 0 Å². The fraction of sp³-hybridized carbons (Fsp3) is 0.944. The van der Waals surface area contributed by atoms with E-state index >= 15 is 0 Å². The molecule has 0 aliphatic rings. The van der Waals surface area contributed by atoms with Gasteiger partial charge in [0.2, 0.25) is 0 Å². The standard InChI is InChI=1S/C18H13F24NO2/c1-2-45-7(44)5-6(9(21,22)11(25,26)13(29,30)15(33,34)17(37,38)39)43-4-3-8(19,20)10(23,24)12(27,28)14(31,32)16(35,36)18(40,41)42/h6,43H,2-5H2,1H3. The molecule has 1 atom stereocenters. The number of carbonyl (C=O) groups is 1. The Kier molecular flexibility index (Phi) is 11.5. The average Bonchev–Trinajstić information content (AvgIpc) is 2.81. The molecule has 0 heterocycles. The summed E-state index contributed by atoms with van der Waals surface area (Å²) in [6, 6.07) is -4.47. The molecular formula is C18H13F24NO2. The Morgan fingerprint density at radius 3 is 1.20 bits per heavy atom. The van der Waals surface area contributed by atoms with E-state index < -0.39 is 104 Å². The van der Waals surface area contributed by atoms with Crippen molar-refractivity contribution >= 4 is 5.97 Å². The Bertz CT molecular complexity index is 1030. The molecule has 0 fully saturated rings. The molecule has 3 nitrogen and oxygen atoms in total. The Labute approximate surface area is 232 Å². The first kappa shape index (κ1) is 42.8. The first-order valence-electron chi connectivity index (χ1n) is 10.7. The Morgan fingerprint density at radius 1 is 0.533 bits per heavy atom. The average molecular weight is 731 g/mol. The second kappa shape index (κ2) is 12.1. The molecule has 0 aliphatic carbocycles. The molecule has 27 heteroatoms. The minimum Gasteiger partial charge on any atom is -0.466 e. The monoisotopic (exact) mass is 731 g/mol. The van der Waals surface area contributed by atoms with Gasteiger partial charge < -0.3 is 10.1 Å². The second-order valence-electron chi connectivity index (χ2n) is 8.61. The Hall–Kier alpha value is -2.25. The van der Waals surface area contributed by atoms with Gasteiger partial charge in [0, 0.05) is 13.0 Å². The van der Waals surface area contributed by atoms with Gasteiger partial charge in [-0.3, -0.25) is 4.79 Å². The van der Waals surface area contributed by atoms with Gasteiger partial charge in [0.25, 0.3) is 0 Å². The summed E-state index contributed by atoms with van der Waals surface area (Å²) in [5.41, 5.74) is 0. The molecule has 0 aliphatic heterocycles. The SMILES string of the molecule is CCOC(=O)CC(NCCC(F)(F)C(F)(F)C(F)(F)C(F)(F)C(F)(F)C(F)(F)F)C(F)(F)C(F)(F)C(F)(F)C(F)(F)C(F)(F)F. The molecular weight excluding hydrogens is 718 g/mol. The molecule has 0 amide bonds. The summed E-state index contributed by atoms with van der Waals surface area (Å²) in [6.45, 7) is -3.01. The van der Waals surface area contributed by atoms with E-state index in [1.54, 1.807) is 0 Å². The van der Waals surface area contributed by atoms with Crippen molar-refractivity contribution in [3.63, 3.8) is 0 Å². The molecule has 1 unspecified atom stereocenters. The molecule has 0 rings (SSSR count). The van der Waals surface area contributed by atoms with Gasteiger partial charge in [0.05, 0.1) is 19.1 Å². The molecule has 0 saturated carbocycles. The normalized spacial score (nSPS) is 16.6. The van der Waals surface area contributed by atoms with Crippen molar-refractivity contribution in [1.29, 1.82) is 0 Å². The maximum absolute atomic E-state index is 14.4. The highest BCUT2D eigenvalue weighted by Gasteiger charge is 2.91. The number of halogens is 24. The van der Waals surface area contributed by atoms with Crippen molar-refractivity contribution in [3.05, 3.63) is 0 Å². The summed E-state index contributed by atoms with van der Waals surface area (Å²) < 4.78 is 321. The van der Waals surface area contributed by atoms with Crippen LogP contribution in [0.5, 0.6) is 0 Å². The predicted octanol–water partition coefficient (Wildman–Crippen LogP) is 8.13. The number of rotatable bonds is 15. The number of esters is 1. The van der Waals surface area contributed by atoms with Crippen molar-refractivity contribution < 1.29 is 115 Å². The lowest BCUT2D eigenvalue weighted by Gasteiger charge is -2.41. The lowest BCUT2D eigenvalue weighted by atomic mass is 9.91. The first-order valence-corrected chi connectivity index (χ1v) is 10.7. The number of alkyl halides is 24. The fourth-order valence-corrected chi connectivity index (χ4v) is 2.88. The highest BCUT2D eigenvalue weighted by atomic mass is 19.4. The largest absolute Gasteiger partial charge is 0.466 e. The summed E-state index contributed by atoms with van der Waals surface area (Å²) in [6.07, 6.45) is -21.7. The maximum Gasteiger partial charge on any atom is 0.460 e. The molecule has 45 heavy (non-hydrogen) atoms. The predicted molar refractivity (Wildman–Crippen MR) is 94.3 cm³/mol. The molecule has 0 bridgehead atoms. The van der Waals surface area contributed by atoms with Crippen LogP contribution in [0.1, 0.15) is 19.8 Å². The van der Waals surface area contributed by atoms with Gasteiger partial charge >= 0.3 is 71.6 Å². The first-order chi connectivity index (χ1) is 19.3. The molecule has 0 aromatic rings. The van der Waals surface area contributed by atoms with E-state index in [9.17, 15) is 110 Å². The molecule has 0 spiro atoms. The molecule has 0 saturated heterocycles. The second-order valence-corrected chi connectivity index (χ2v) is 8.61. The quantitative estimate of drug-likeness (QED) is 0.137. The van der Waals surface area contributed by atoms with Gasteiger partial charge in [0.15, 0.2) is 0 Å². The summed E-state index contributed by atoms with van der Waals surface area (Å²) >= 11 is 0. The zero-order valence-corrected chi connectivity index (χ0v) is 20.8. The smallest absolute Gasteiger partial charge is 0.460 e. The zero-order valence-electron chi connectivity index (χ0n) is 20.8. The Balaban J connectivity index is 6.64. The number of ether oxygens (including phenoxy) is 1. The van der Waals surface area contributed by atoms with Crippen molar-refractivity contribution in [1.82, 2.24) is 5.32 Å². The van der Waals surface area contributed by atoms with Crippen molar-refractivity contribution in [2.24, 2.45) is 0 Å². The minimum absolute atomic E-state index is 0.326. The van der Waals surface area contributed by atoms with Crippen LogP contribution in [0, 0.1) is 0 Å². The van der Waals surface area contributed by atoms with E-state index in [-0.39, 0.29) is 0 Å². The lowest BCUT2D eigenvalue weighted by Crippen LogP contribution is -2.71. The number of hydrogen-bond acceptors (Lipinski definition) is 3. The van der Waals surface area contributed by atoms with E-state index in [1.807, 2.05) is 0 Å². The Morgan fingerprint density at radius 2 is 0.867 bits per heavy atom.